The van der Waals surface area contributed by atoms with Gasteiger partial charge in [-0.2, -0.15) is 8.42 Å². The number of benzene rings is 1. The second-order valence-corrected chi connectivity index (χ2v) is 6.47. The van der Waals surface area contributed by atoms with Gasteiger partial charge < -0.3 is 4.74 Å². The second-order valence-electron chi connectivity index (χ2n) is 4.08. The predicted molar refractivity (Wildman–Crippen MR) is 66.5 cm³/mol. The molecule has 1 aliphatic heterocycles. The van der Waals surface area contributed by atoms with Crippen molar-refractivity contribution in [2.45, 2.75) is 13.0 Å². The summed E-state index contributed by atoms with van der Waals surface area (Å²) in [5, 5.41) is 0. The van der Waals surface area contributed by atoms with Crippen molar-refractivity contribution in [2.75, 3.05) is 7.11 Å². The highest BCUT2D eigenvalue weighted by Crippen LogP contribution is 2.43. The van der Waals surface area contributed by atoms with Gasteiger partial charge in [-0.15, -0.1) is 0 Å². The summed E-state index contributed by atoms with van der Waals surface area (Å²) in [5.74, 6) is -0.213. The molecule has 0 N–H and O–H groups in total. The summed E-state index contributed by atoms with van der Waals surface area (Å²) >= 11 is 0. The fraction of sp³-hybridized carbons (Fsp3) is 0.364. The van der Waals surface area contributed by atoms with Crippen molar-refractivity contribution in [1.82, 2.24) is 4.31 Å². The summed E-state index contributed by atoms with van der Waals surface area (Å²) in [4.78, 5) is 11.6. The Labute approximate surface area is 110 Å². The summed E-state index contributed by atoms with van der Waals surface area (Å²) in [6.45, 7) is 1.68. The zero-order valence-corrected chi connectivity index (χ0v) is 11.4. The molecule has 0 saturated carbocycles. The van der Waals surface area contributed by atoms with E-state index in [1.165, 1.54) is 0 Å². The monoisotopic (exact) mass is 289 g/mol. The highest BCUT2D eigenvalue weighted by molar-refractivity contribution is 8.12. The quantitative estimate of drug-likeness (QED) is 0.627. The molecular formula is C11H12ClNO4S. The van der Waals surface area contributed by atoms with E-state index in [9.17, 15) is 13.2 Å². The number of hydrogen-bond acceptors (Lipinski definition) is 4. The third-order valence-electron chi connectivity index (χ3n) is 3.03. The van der Waals surface area contributed by atoms with Crippen LogP contribution in [0.5, 0.6) is 5.75 Å². The van der Waals surface area contributed by atoms with Crippen molar-refractivity contribution in [2.24, 2.45) is 5.92 Å². The molecule has 18 heavy (non-hydrogen) atoms. The number of halogens is 1. The Morgan fingerprint density at radius 1 is 1.28 bits per heavy atom. The first-order valence-corrected chi connectivity index (χ1v) is 7.54. The van der Waals surface area contributed by atoms with Gasteiger partial charge in [-0.05, 0) is 17.7 Å². The maximum Gasteiger partial charge on any atom is 0.324 e. The number of ether oxygens (including phenoxy) is 1. The number of amides is 1. The summed E-state index contributed by atoms with van der Waals surface area (Å²) in [7, 11) is 2.76. The topological polar surface area (TPSA) is 63.7 Å². The average Bonchev–Trinajstić information content (AvgIpc) is 2.33. The van der Waals surface area contributed by atoms with Gasteiger partial charge in [-0.3, -0.25) is 4.79 Å². The van der Waals surface area contributed by atoms with Gasteiger partial charge >= 0.3 is 9.24 Å². The van der Waals surface area contributed by atoms with E-state index in [-0.39, 0.29) is 0 Å². The Hall–Kier alpha value is -1.27. The maximum absolute atomic E-state index is 11.6. The van der Waals surface area contributed by atoms with E-state index in [2.05, 4.69) is 0 Å². The Bertz CT molecular complexity index is 569. The van der Waals surface area contributed by atoms with Crippen molar-refractivity contribution in [1.29, 1.82) is 0 Å². The van der Waals surface area contributed by atoms with Crippen molar-refractivity contribution in [3.05, 3.63) is 29.8 Å². The lowest BCUT2D eigenvalue weighted by Crippen LogP contribution is -2.54. The van der Waals surface area contributed by atoms with Crippen LogP contribution < -0.4 is 4.74 Å². The molecule has 1 amide bonds. The summed E-state index contributed by atoms with van der Waals surface area (Å²) in [5.41, 5.74) is 0.715. The molecule has 7 heteroatoms. The Kier molecular flexibility index (Phi) is 3.25. The third kappa shape index (κ3) is 2.06. The van der Waals surface area contributed by atoms with Gasteiger partial charge in [0.1, 0.15) is 5.75 Å². The van der Waals surface area contributed by atoms with E-state index in [0.29, 0.717) is 15.6 Å². The molecule has 1 heterocycles. The van der Waals surface area contributed by atoms with E-state index in [4.69, 9.17) is 15.4 Å². The minimum Gasteiger partial charge on any atom is -0.497 e. The lowest BCUT2D eigenvalue weighted by Gasteiger charge is -2.42. The number of carbonyl (C=O) groups is 1. The summed E-state index contributed by atoms with van der Waals surface area (Å²) in [6.07, 6.45) is 0. The predicted octanol–water partition coefficient (Wildman–Crippen LogP) is 1.70. The normalized spacial score (nSPS) is 23.7. The molecule has 0 spiro atoms. The van der Waals surface area contributed by atoms with Crippen molar-refractivity contribution < 1.29 is 17.9 Å². The molecule has 98 valence electrons. The molecule has 1 fully saturated rings. The molecule has 0 radical (unpaired) electrons. The molecule has 0 aliphatic carbocycles. The lowest BCUT2D eigenvalue weighted by atomic mass is 9.87. The van der Waals surface area contributed by atoms with Crippen LogP contribution in [0, 0.1) is 5.92 Å². The average molecular weight is 290 g/mol. The van der Waals surface area contributed by atoms with E-state index >= 15 is 0 Å². The third-order valence-corrected chi connectivity index (χ3v) is 4.35. The van der Waals surface area contributed by atoms with Gasteiger partial charge in [0.05, 0.1) is 19.1 Å². The first-order valence-electron chi connectivity index (χ1n) is 5.28. The molecule has 1 aromatic rings. The number of hydrogen-bond donors (Lipinski definition) is 0. The lowest BCUT2D eigenvalue weighted by molar-refractivity contribution is -0.145. The SMILES string of the molecule is COc1ccc(C2C(C)C(=O)N2S(=O)(=O)Cl)cc1. The van der Waals surface area contributed by atoms with E-state index in [0.717, 1.165) is 0 Å². The smallest absolute Gasteiger partial charge is 0.324 e. The number of carbonyl (C=O) groups excluding carboxylic acids is 1. The van der Waals surface area contributed by atoms with Crippen LogP contribution in [0.4, 0.5) is 0 Å². The Morgan fingerprint density at radius 3 is 2.28 bits per heavy atom. The molecule has 1 saturated heterocycles. The molecule has 2 unspecified atom stereocenters. The molecule has 2 atom stereocenters. The van der Waals surface area contributed by atoms with E-state index in [1.54, 1.807) is 38.3 Å². The van der Waals surface area contributed by atoms with Crippen LogP contribution in [-0.2, 0) is 14.0 Å². The zero-order chi connectivity index (χ0) is 13.5. The van der Waals surface area contributed by atoms with E-state index in [1.807, 2.05) is 0 Å². The molecular weight excluding hydrogens is 278 g/mol. The first kappa shape index (κ1) is 13.2. The first-order chi connectivity index (χ1) is 8.36. The summed E-state index contributed by atoms with van der Waals surface area (Å²) < 4.78 is 28.4. The van der Waals surface area contributed by atoms with Crippen molar-refractivity contribution >= 4 is 25.8 Å². The van der Waals surface area contributed by atoms with Gasteiger partial charge in [0.2, 0.25) is 5.91 Å². The Balaban J connectivity index is 2.34. The molecule has 0 bridgehead atoms. The minimum absolute atomic E-state index is 0.396. The number of methoxy groups -OCH3 is 1. The van der Waals surface area contributed by atoms with E-state index < -0.39 is 27.1 Å². The van der Waals surface area contributed by atoms with Crippen molar-refractivity contribution in [3.63, 3.8) is 0 Å². The van der Waals surface area contributed by atoms with Crippen LogP contribution >= 0.6 is 10.7 Å². The molecule has 1 aliphatic rings. The van der Waals surface area contributed by atoms with Gasteiger partial charge in [0, 0.05) is 10.7 Å². The number of rotatable bonds is 3. The van der Waals surface area contributed by atoms with Crippen LogP contribution in [-0.4, -0.2) is 25.7 Å². The fourth-order valence-electron chi connectivity index (χ4n) is 2.06. The van der Waals surface area contributed by atoms with Gasteiger partial charge in [-0.1, -0.05) is 19.1 Å². The van der Waals surface area contributed by atoms with Crippen LogP contribution in [0.15, 0.2) is 24.3 Å². The largest absolute Gasteiger partial charge is 0.497 e. The second kappa shape index (κ2) is 4.44. The maximum atomic E-state index is 11.6. The van der Waals surface area contributed by atoms with Gasteiger partial charge in [0.15, 0.2) is 0 Å². The van der Waals surface area contributed by atoms with Crippen LogP contribution in [0.3, 0.4) is 0 Å². The standard InChI is InChI=1S/C11H12ClNO4S/c1-7-10(13(11(7)14)18(12,15)16)8-3-5-9(17-2)6-4-8/h3-7,10H,1-2H3. The summed E-state index contributed by atoms with van der Waals surface area (Å²) in [6, 6.07) is 6.34. The van der Waals surface area contributed by atoms with Crippen molar-refractivity contribution in [3.8, 4) is 5.75 Å². The minimum atomic E-state index is -4.04. The van der Waals surface area contributed by atoms with Gasteiger partial charge in [0.25, 0.3) is 0 Å². The Morgan fingerprint density at radius 2 is 1.83 bits per heavy atom. The molecule has 5 nitrogen and oxygen atoms in total. The molecule has 2 rings (SSSR count). The molecule has 1 aromatic carbocycles. The number of nitrogens with zero attached hydrogens (tertiary/aromatic N) is 1. The highest BCUT2D eigenvalue weighted by atomic mass is 35.7. The van der Waals surface area contributed by atoms with Crippen LogP contribution in [0.25, 0.3) is 0 Å². The zero-order valence-electron chi connectivity index (χ0n) is 9.83. The van der Waals surface area contributed by atoms with Crippen LogP contribution in [0.2, 0.25) is 0 Å². The number of β-lactam (4-membered cyclic amide) rings is 1. The fourth-order valence-corrected chi connectivity index (χ4v) is 3.48. The van der Waals surface area contributed by atoms with Gasteiger partial charge in [-0.25, -0.2) is 4.31 Å². The molecule has 0 aromatic heterocycles. The van der Waals surface area contributed by atoms with Crippen LogP contribution in [0.1, 0.15) is 18.5 Å². The highest BCUT2D eigenvalue weighted by Gasteiger charge is 2.50.